The van der Waals surface area contributed by atoms with Gasteiger partial charge in [-0.25, -0.2) is 0 Å². The van der Waals surface area contributed by atoms with Crippen LogP contribution in [-0.2, 0) is 0 Å². The van der Waals surface area contributed by atoms with Crippen LogP contribution < -0.4 is 11.5 Å². The van der Waals surface area contributed by atoms with Crippen molar-refractivity contribution in [2.75, 3.05) is 27.2 Å². The molecule has 12 heavy (non-hydrogen) atoms. The molecular weight excluding hydrogens is 156 g/mol. The van der Waals surface area contributed by atoms with Crippen LogP contribution in [0.1, 0.15) is 0 Å². The van der Waals surface area contributed by atoms with E-state index < -0.39 is 0 Å². The Morgan fingerprint density at radius 2 is 1.25 bits per heavy atom. The van der Waals surface area contributed by atoms with Crippen molar-refractivity contribution < 1.29 is 0 Å². The smallest absolute Gasteiger partial charge is 0.188 e. The van der Waals surface area contributed by atoms with E-state index in [4.69, 9.17) is 22.3 Å². The highest BCUT2D eigenvalue weighted by atomic mass is 15.3. The Kier molecular flexibility index (Phi) is 3.89. The quantitative estimate of drug-likeness (QED) is 0.311. The van der Waals surface area contributed by atoms with Crippen LogP contribution in [0, 0.1) is 10.8 Å². The summed E-state index contributed by atoms with van der Waals surface area (Å²) in [5.41, 5.74) is 10.4. The maximum absolute atomic E-state index is 7.05. The van der Waals surface area contributed by atoms with E-state index in [1.165, 1.54) is 0 Å². The van der Waals surface area contributed by atoms with Crippen molar-refractivity contribution in [1.82, 2.24) is 9.80 Å². The lowest BCUT2D eigenvalue weighted by molar-refractivity contribution is 0.404. The Bertz CT molecular complexity index is 157. The van der Waals surface area contributed by atoms with Gasteiger partial charge in [0.25, 0.3) is 0 Å². The van der Waals surface area contributed by atoms with Crippen molar-refractivity contribution in [1.29, 1.82) is 10.8 Å². The largest absolute Gasteiger partial charge is 0.370 e. The van der Waals surface area contributed by atoms with Crippen LogP contribution in [0.2, 0.25) is 0 Å². The van der Waals surface area contributed by atoms with Crippen LogP contribution in [0.15, 0.2) is 0 Å². The Labute approximate surface area is 72.1 Å². The molecule has 0 saturated carbocycles. The highest BCUT2D eigenvalue weighted by Gasteiger charge is 2.02. The zero-order valence-corrected chi connectivity index (χ0v) is 7.46. The molecule has 6 nitrogen and oxygen atoms in total. The number of likely N-dealkylation sites (N-methyl/N-ethyl adjacent to an activating group) is 2. The fourth-order valence-corrected chi connectivity index (χ4v) is 0.541. The lowest BCUT2D eigenvalue weighted by Crippen LogP contribution is -2.41. The summed E-state index contributed by atoms with van der Waals surface area (Å²) in [6, 6.07) is 0. The number of guanidine groups is 2. The van der Waals surface area contributed by atoms with E-state index in [0.717, 1.165) is 0 Å². The maximum Gasteiger partial charge on any atom is 0.188 e. The SMILES string of the molecule is CN(CCN(C)C(=N)N)C(=N)N. The molecule has 0 aliphatic rings. The predicted molar refractivity (Wildman–Crippen MR) is 49.1 cm³/mol. The second-order valence-electron chi connectivity index (χ2n) is 2.61. The summed E-state index contributed by atoms with van der Waals surface area (Å²) < 4.78 is 0. The molecule has 6 N–H and O–H groups in total. The van der Waals surface area contributed by atoms with Gasteiger partial charge in [0.1, 0.15) is 0 Å². The molecule has 0 atom stereocenters. The average Bonchev–Trinajstić information content (AvgIpc) is 1.98. The van der Waals surface area contributed by atoms with Crippen LogP contribution in [-0.4, -0.2) is 48.9 Å². The van der Waals surface area contributed by atoms with E-state index in [9.17, 15) is 0 Å². The van der Waals surface area contributed by atoms with Gasteiger partial charge in [-0.3, -0.25) is 10.8 Å². The minimum atomic E-state index is 0.0203. The van der Waals surface area contributed by atoms with Crippen molar-refractivity contribution >= 4 is 11.9 Å². The van der Waals surface area contributed by atoms with Crippen LogP contribution in [0.3, 0.4) is 0 Å². The van der Waals surface area contributed by atoms with Crippen molar-refractivity contribution in [3.8, 4) is 0 Å². The van der Waals surface area contributed by atoms with Crippen LogP contribution in [0.25, 0.3) is 0 Å². The molecule has 0 bridgehead atoms. The normalized spacial score (nSPS) is 9.17. The van der Waals surface area contributed by atoms with Gasteiger partial charge in [0.05, 0.1) is 0 Å². The number of nitrogens with one attached hydrogen (secondary N) is 2. The summed E-state index contributed by atoms with van der Waals surface area (Å²) in [7, 11) is 3.44. The standard InChI is InChI=1S/C6H16N6/c1-11(5(7)8)3-4-12(2)6(9)10/h3-4H2,1-2H3,(H3,7,8)(H3,9,10). The molecule has 0 amide bonds. The second-order valence-corrected chi connectivity index (χ2v) is 2.61. The Morgan fingerprint density at radius 3 is 1.42 bits per heavy atom. The second kappa shape index (κ2) is 4.42. The van der Waals surface area contributed by atoms with Crippen molar-refractivity contribution in [3.05, 3.63) is 0 Å². The average molecular weight is 172 g/mol. The van der Waals surface area contributed by atoms with E-state index in [1.807, 2.05) is 0 Å². The van der Waals surface area contributed by atoms with E-state index >= 15 is 0 Å². The number of nitrogens with zero attached hydrogens (tertiary/aromatic N) is 2. The summed E-state index contributed by atoms with van der Waals surface area (Å²) >= 11 is 0. The third kappa shape index (κ3) is 3.65. The summed E-state index contributed by atoms with van der Waals surface area (Å²) in [5.74, 6) is 0.0407. The Morgan fingerprint density at radius 1 is 1.00 bits per heavy atom. The van der Waals surface area contributed by atoms with Gasteiger partial charge in [0.2, 0.25) is 0 Å². The first-order valence-corrected chi connectivity index (χ1v) is 3.55. The zero-order valence-electron chi connectivity index (χ0n) is 7.46. The maximum atomic E-state index is 7.05. The molecule has 70 valence electrons. The molecule has 0 saturated heterocycles. The first-order chi connectivity index (χ1) is 5.45. The van der Waals surface area contributed by atoms with E-state index in [1.54, 1.807) is 23.9 Å². The van der Waals surface area contributed by atoms with Gasteiger partial charge in [-0.15, -0.1) is 0 Å². The highest BCUT2D eigenvalue weighted by Crippen LogP contribution is 1.83. The molecule has 0 rings (SSSR count). The lowest BCUT2D eigenvalue weighted by atomic mass is 10.5. The molecule has 0 aliphatic heterocycles. The molecule has 0 fully saturated rings. The van der Waals surface area contributed by atoms with Gasteiger partial charge in [0, 0.05) is 27.2 Å². The van der Waals surface area contributed by atoms with E-state index in [2.05, 4.69) is 0 Å². The zero-order chi connectivity index (χ0) is 9.72. The minimum absolute atomic E-state index is 0.0203. The molecule has 0 spiro atoms. The third-order valence-electron chi connectivity index (χ3n) is 1.59. The Balaban J connectivity index is 3.68. The summed E-state index contributed by atoms with van der Waals surface area (Å²) in [5, 5.41) is 14.1. The first-order valence-electron chi connectivity index (χ1n) is 3.55. The monoisotopic (exact) mass is 172 g/mol. The fourth-order valence-electron chi connectivity index (χ4n) is 0.541. The molecule has 0 heterocycles. The van der Waals surface area contributed by atoms with Gasteiger partial charge in [-0.05, 0) is 0 Å². The Hall–Kier alpha value is -1.46. The van der Waals surface area contributed by atoms with Gasteiger partial charge in [-0.2, -0.15) is 0 Å². The van der Waals surface area contributed by atoms with Crippen molar-refractivity contribution in [2.45, 2.75) is 0 Å². The number of rotatable bonds is 3. The van der Waals surface area contributed by atoms with Crippen LogP contribution in [0.4, 0.5) is 0 Å². The highest BCUT2D eigenvalue weighted by molar-refractivity contribution is 5.75. The molecule has 0 aliphatic carbocycles. The summed E-state index contributed by atoms with van der Waals surface area (Å²) in [4.78, 5) is 3.17. The molecular formula is C6H16N6. The number of nitrogens with two attached hydrogens (primary N) is 2. The van der Waals surface area contributed by atoms with E-state index in [-0.39, 0.29) is 11.9 Å². The number of hydrogen-bond acceptors (Lipinski definition) is 2. The van der Waals surface area contributed by atoms with Gasteiger partial charge in [0.15, 0.2) is 11.9 Å². The third-order valence-corrected chi connectivity index (χ3v) is 1.59. The first kappa shape index (κ1) is 10.5. The van der Waals surface area contributed by atoms with Crippen LogP contribution >= 0.6 is 0 Å². The topological polar surface area (TPSA) is 106 Å². The minimum Gasteiger partial charge on any atom is -0.370 e. The van der Waals surface area contributed by atoms with Gasteiger partial charge >= 0.3 is 0 Å². The van der Waals surface area contributed by atoms with E-state index in [0.29, 0.717) is 13.1 Å². The fraction of sp³-hybridized carbons (Fsp3) is 0.667. The van der Waals surface area contributed by atoms with Crippen molar-refractivity contribution in [3.63, 3.8) is 0 Å². The number of hydrogen-bond donors (Lipinski definition) is 4. The lowest BCUT2D eigenvalue weighted by Gasteiger charge is -2.21. The molecule has 0 unspecified atom stereocenters. The van der Waals surface area contributed by atoms with Crippen molar-refractivity contribution in [2.24, 2.45) is 11.5 Å². The molecule has 0 aromatic carbocycles. The van der Waals surface area contributed by atoms with Gasteiger partial charge < -0.3 is 21.3 Å². The van der Waals surface area contributed by atoms with Gasteiger partial charge in [-0.1, -0.05) is 0 Å². The molecule has 0 aromatic rings. The molecule has 6 heteroatoms. The molecule has 0 radical (unpaired) electrons. The predicted octanol–water partition coefficient (Wildman–Crippen LogP) is -1.36. The summed E-state index contributed by atoms with van der Waals surface area (Å²) in [6.07, 6.45) is 0. The summed E-state index contributed by atoms with van der Waals surface area (Å²) in [6.45, 7) is 1.18. The van der Waals surface area contributed by atoms with Crippen LogP contribution in [0.5, 0.6) is 0 Å². The molecule has 0 aromatic heterocycles.